The fourth-order valence-corrected chi connectivity index (χ4v) is 1.71. The molecule has 0 saturated heterocycles. The second-order valence-electron chi connectivity index (χ2n) is 4.20. The van der Waals surface area contributed by atoms with Gasteiger partial charge in [-0.2, -0.15) is 0 Å². The van der Waals surface area contributed by atoms with E-state index in [2.05, 4.69) is 5.16 Å². The minimum Gasteiger partial charge on any atom is -0.457 e. The number of hydrogen-bond donors (Lipinski definition) is 0. The number of rotatable bonds is 4. The van der Waals surface area contributed by atoms with Crippen LogP contribution in [0.1, 0.15) is 27.4 Å². The topological polar surface area (TPSA) is 95.5 Å². The zero-order valence-corrected chi connectivity index (χ0v) is 11.0. The van der Waals surface area contributed by atoms with Gasteiger partial charge in [-0.05, 0) is 31.5 Å². The number of aromatic nitrogens is 1. The molecule has 2 aromatic rings. The van der Waals surface area contributed by atoms with Crippen LogP contribution in [-0.2, 0) is 11.3 Å². The van der Waals surface area contributed by atoms with E-state index < -0.39 is 10.9 Å². The van der Waals surface area contributed by atoms with Crippen LogP contribution in [0.3, 0.4) is 0 Å². The number of ether oxygens (including phenoxy) is 1. The van der Waals surface area contributed by atoms with Gasteiger partial charge in [0.1, 0.15) is 17.9 Å². The van der Waals surface area contributed by atoms with E-state index in [4.69, 9.17) is 9.26 Å². The van der Waals surface area contributed by atoms with E-state index in [-0.39, 0.29) is 12.3 Å². The molecule has 0 aliphatic carbocycles. The standard InChI is InChI=1S/C13H12N2O5/c1-8-12(9(2)20-14-8)13(16)19-7-10-3-5-11(6-4-10)15(17)18/h3-6H,7H2,1-2H3. The monoisotopic (exact) mass is 276 g/mol. The fraction of sp³-hybridized carbons (Fsp3) is 0.231. The maximum Gasteiger partial charge on any atom is 0.344 e. The molecule has 0 bridgehead atoms. The van der Waals surface area contributed by atoms with Crippen LogP contribution >= 0.6 is 0 Å². The molecule has 1 aromatic heterocycles. The van der Waals surface area contributed by atoms with Crippen molar-refractivity contribution in [2.45, 2.75) is 20.5 Å². The summed E-state index contributed by atoms with van der Waals surface area (Å²) >= 11 is 0. The smallest absolute Gasteiger partial charge is 0.344 e. The summed E-state index contributed by atoms with van der Waals surface area (Å²) < 4.78 is 10.0. The molecule has 1 aromatic carbocycles. The van der Waals surface area contributed by atoms with Crippen molar-refractivity contribution >= 4 is 11.7 Å². The molecule has 0 radical (unpaired) electrons. The number of benzene rings is 1. The third kappa shape index (κ3) is 2.82. The van der Waals surface area contributed by atoms with Crippen molar-refractivity contribution in [2.24, 2.45) is 0 Å². The lowest BCUT2D eigenvalue weighted by Gasteiger charge is -2.04. The molecule has 0 spiro atoms. The molecule has 0 aliphatic heterocycles. The maximum absolute atomic E-state index is 11.9. The van der Waals surface area contributed by atoms with Crippen molar-refractivity contribution in [3.8, 4) is 0 Å². The highest BCUT2D eigenvalue weighted by molar-refractivity contribution is 5.91. The Bertz CT molecular complexity index is 626. The van der Waals surface area contributed by atoms with Gasteiger partial charge in [0.2, 0.25) is 0 Å². The molecule has 0 amide bonds. The summed E-state index contributed by atoms with van der Waals surface area (Å²) in [5, 5.41) is 14.2. The van der Waals surface area contributed by atoms with Crippen LogP contribution in [0.25, 0.3) is 0 Å². The van der Waals surface area contributed by atoms with Gasteiger partial charge in [0.15, 0.2) is 0 Å². The van der Waals surface area contributed by atoms with Gasteiger partial charge in [-0.1, -0.05) is 5.16 Å². The van der Waals surface area contributed by atoms with E-state index in [9.17, 15) is 14.9 Å². The van der Waals surface area contributed by atoms with E-state index in [0.29, 0.717) is 22.6 Å². The van der Waals surface area contributed by atoms with Gasteiger partial charge < -0.3 is 9.26 Å². The van der Waals surface area contributed by atoms with E-state index in [1.165, 1.54) is 12.1 Å². The Labute approximate surface area is 114 Å². The van der Waals surface area contributed by atoms with Crippen LogP contribution in [0.15, 0.2) is 28.8 Å². The van der Waals surface area contributed by atoms with Gasteiger partial charge in [-0.15, -0.1) is 0 Å². The Balaban J connectivity index is 2.02. The Morgan fingerprint density at radius 1 is 1.35 bits per heavy atom. The number of nitro benzene ring substituents is 1. The summed E-state index contributed by atoms with van der Waals surface area (Å²) in [6, 6.07) is 5.80. The van der Waals surface area contributed by atoms with Gasteiger partial charge in [-0.25, -0.2) is 4.79 Å². The third-order valence-corrected chi connectivity index (χ3v) is 2.75. The number of carbonyl (C=O) groups is 1. The van der Waals surface area contributed by atoms with E-state index >= 15 is 0 Å². The molecule has 2 rings (SSSR count). The van der Waals surface area contributed by atoms with Crippen LogP contribution in [0, 0.1) is 24.0 Å². The summed E-state index contributed by atoms with van der Waals surface area (Å²) in [6.07, 6.45) is 0. The molecule has 0 N–H and O–H groups in total. The Morgan fingerprint density at radius 3 is 2.50 bits per heavy atom. The summed E-state index contributed by atoms with van der Waals surface area (Å²) in [5.41, 5.74) is 1.43. The van der Waals surface area contributed by atoms with E-state index in [0.717, 1.165) is 0 Å². The third-order valence-electron chi connectivity index (χ3n) is 2.75. The highest BCUT2D eigenvalue weighted by Gasteiger charge is 2.18. The average Bonchev–Trinajstić information content (AvgIpc) is 2.76. The zero-order chi connectivity index (χ0) is 14.7. The molecule has 0 saturated carbocycles. The van der Waals surface area contributed by atoms with Gasteiger partial charge >= 0.3 is 5.97 Å². The maximum atomic E-state index is 11.9. The SMILES string of the molecule is Cc1noc(C)c1C(=O)OCc1ccc([N+](=O)[O-])cc1. The number of hydrogen-bond acceptors (Lipinski definition) is 6. The second kappa shape index (κ2) is 5.52. The Morgan fingerprint density at radius 2 is 2.00 bits per heavy atom. The molecule has 7 heteroatoms. The van der Waals surface area contributed by atoms with Crippen LogP contribution < -0.4 is 0 Å². The molecule has 20 heavy (non-hydrogen) atoms. The number of nitro groups is 1. The number of nitrogens with zero attached hydrogens (tertiary/aromatic N) is 2. The summed E-state index contributed by atoms with van der Waals surface area (Å²) in [4.78, 5) is 21.9. The first-order chi connectivity index (χ1) is 9.49. The second-order valence-corrected chi connectivity index (χ2v) is 4.20. The first kappa shape index (κ1) is 13.7. The first-order valence-electron chi connectivity index (χ1n) is 5.82. The molecule has 0 aliphatic rings. The largest absolute Gasteiger partial charge is 0.457 e. The van der Waals surface area contributed by atoms with Crippen molar-refractivity contribution < 1.29 is 19.0 Å². The normalized spacial score (nSPS) is 10.3. The first-order valence-corrected chi connectivity index (χ1v) is 5.82. The lowest BCUT2D eigenvalue weighted by Crippen LogP contribution is -2.07. The minimum atomic E-state index is -0.528. The van der Waals surface area contributed by atoms with Crippen molar-refractivity contribution in [1.82, 2.24) is 5.16 Å². The van der Waals surface area contributed by atoms with E-state index in [1.807, 2.05) is 0 Å². The van der Waals surface area contributed by atoms with Gasteiger partial charge in [0.05, 0.1) is 10.6 Å². The van der Waals surface area contributed by atoms with Gasteiger partial charge in [0.25, 0.3) is 5.69 Å². The lowest BCUT2D eigenvalue weighted by atomic mass is 10.2. The van der Waals surface area contributed by atoms with Crippen LogP contribution in [0.4, 0.5) is 5.69 Å². The molecular formula is C13H12N2O5. The van der Waals surface area contributed by atoms with Gasteiger partial charge in [-0.3, -0.25) is 10.1 Å². The van der Waals surface area contributed by atoms with Crippen molar-refractivity contribution in [2.75, 3.05) is 0 Å². The molecule has 104 valence electrons. The Kier molecular flexibility index (Phi) is 3.79. The highest BCUT2D eigenvalue weighted by Crippen LogP contribution is 2.16. The average molecular weight is 276 g/mol. The molecule has 0 atom stereocenters. The van der Waals surface area contributed by atoms with Gasteiger partial charge in [0, 0.05) is 12.1 Å². The molecule has 1 heterocycles. The fourth-order valence-electron chi connectivity index (χ4n) is 1.71. The zero-order valence-electron chi connectivity index (χ0n) is 11.0. The molecule has 0 fully saturated rings. The molecular weight excluding hydrogens is 264 g/mol. The number of carbonyl (C=O) groups excluding carboxylic acids is 1. The quantitative estimate of drug-likeness (QED) is 0.483. The predicted molar refractivity (Wildman–Crippen MR) is 68.2 cm³/mol. The van der Waals surface area contributed by atoms with Crippen molar-refractivity contribution in [3.05, 3.63) is 57.0 Å². The van der Waals surface area contributed by atoms with Crippen LogP contribution in [0.2, 0.25) is 0 Å². The van der Waals surface area contributed by atoms with E-state index in [1.54, 1.807) is 26.0 Å². The number of non-ortho nitro benzene ring substituents is 1. The van der Waals surface area contributed by atoms with Crippen LogP contribution in [0.5, 0.6) is 0 Å². The summed E-state index contributed by atoms with van der Waals surface area (Å²) in [5.74, 6) is -0.129. The summed E-state index contributed by atoms with van der Waals surface area (Å²) in [7, 11) is 0. The van der Waals surface area contributed by atoms with Crippen molar-refractivity contribution in [1.29, 1.82) is 0 Å². The molecule has 7 nitrogen and oxygen atoms in total. The van der Waals surface area contributed by atoms with Crippen LogP contribution in [-0.4, -0.2) is 16.0 Å². The highest BCUT2D eigenvalue weighted by atomic mass is 16.6. The minimum absolute atomic E-state index is 0.00852. The summed E-state index contributed by atoms with van der Waals surface area (Å²) in [6.45, 7) is 3.31. The lowest BCUT2D eigenvalue weighted by molar-refractivity contribution is -0.384. The predicted octanol–water partition coefficient (Wildman–Crippen LogP) is 2.56. The number of aryl methyl sites for hydroxylation is 2. The molecule has 0 unspecified atom stereocenters. The van der Waals surface area contributed by atoms with Crippen molar-refractivity contribution in [3.63, 3.8) is 0 Å². The Hall–Kier alpha value is -2.70. The number of esters is 1.